The number of hydrogen-bond acceptors (Lipinski definition) is 2. The minimum absolute atomic E-state index is 0.0988. The van der Waals surface area contributed by atoms with Gasteiger partial charge in [0.05, 0.1) is 0 Å². The number of para-hydroxylation sites is 2. The summed E-state index contributed by atoms with van der Waals surface area (Å²) in [6, 6.07) is 23.5. The molecule has 2 N–H and O–H groups in total. The molecule has 3 aromatic carbocycles. The van der Waals surface area contributed by atoms with Gasteiger partial charge in [0.15, 0.2) is 0 Å². The quantitative estimate of drug-likeness (QED) is 0.704. The van der Waals surface area contributed by atoms with E-state index in [1.165, 1.54) is 13.8 Å². The van der Waals surface area contributed by atoms with Gasteiger partial charge in [-0.2, -0.15) is 0 Å². The van der Waals surface area contributed by atoms with Crippen LogP contribution in [0.2, 0.25) is 0 Å². The van der Waals surface area contributed by atoms with Crippen LogP contribution < -0.4 is 10.6 Å². The van der Waals surface area contributed by atoms with Crippen molar-refractivity contribution in [3.05, 3.63) is 72.8 Å². The first-order valence-electron chi connectivity index (χ1n) is 8.38. The second kappa shape index (κ2) is 7.66. The summed E-state index contributed by atoms with van der Waals surface area (Å²) in [5, 5.41) is 5.72. The highest BCUT2D eigenvalue weighted by Gasteiger charge is 2.09. The molecular weight excluding hydrogens is 324 g/mol. The normalized spacial score (nSPS) is 10.2. The number of carbonyl (C=O) groups excluding carboxylic acids is 2. The molecule has 4 nitrogen and oxygen atoms in total. The smallest absolute Gasteiger partial charge is 0.221 e. The Balaban J connectivity index is 1.96. The highest BCUT2D eigenvalue weighted by atomic mass is 16.2. The van der Waals surface area contributed by atoms with E-state index in [9.17, 15) is 9.59 Å². The lowest BCUT2D eigenvalue weighted by Crippen LogP contribution is -2.07. The highest BCUT2D eigenvalue weighted by Crippen LogP contribution is 2.32. The summed E-state index contributed by atoms with van der Waals surface area (Å²) in [5.74, 6) is -0.198. The molecule has 0 fully saturated rings. The van der Waals surface area contributed by atoms with Gasteiger partial charge in [-0.1, -0.05) is 60.7 Å². The number of anilines is 2. The first kappa shape index (κ1) is 17.4. The Morgan fingerprint density at radius 3 is 1.27 bits per heavy atom. The maximum atomic E-state index is 11.4. The van der Waals surface area contributed by atoms with Gasteiger partial charge < -0.3 is 10.6 Å². The Labute approximate surface area is 152 Å². The predicted octanol–water partition coefficient (Wildman–Crippen LogP) is 4.94. The summed E-state index contributed by atoms with van der Waals surface area (Å²) in [4.78, 5) is 22.8. The van der Waals surface area contributed by atoms with Crippen molar-refractivity contribution in [3.8, 4) is 22.3 Å². The highest BCUT2D eigenvalue weighted by molar-refractivity contribution is 5.95. The number of nitrogens with one attached hydrogen (secondary N) is 2. The molecule has 0 atom stereocenters. The van der Waals surface area contributed by atoms with Crippen LogP contribution in [-0.2, 0) is 9.59 Å². The number of rotatable bonds is 4. The summed E-state index contributed by atoms with van der Waals surface area (Å²) >= 11 is 0. The molecular formula is C22H20N2O2. The van der Waals surface area contributed by atoms with E-state index in [2.05, 4.69) is 10.6 Å². The average Bonchev–Trinajstić information content (AvgIpc) is 2.62. The second-order valence-electron chi connectivity index (χ2n) is 6.03. The van der Waals surface area contributed by atoms with Crippen LogP contribution in [0.3, 0.4) is 0 Å². The topological polar surface area (TPSA) is 58.2 Å². The number of hydrogen-bond donors (Lipinski definition) is 2. The van der Waals surface area contributed by atoms with Gasteiger partial charge in [-0.15, -0.1) is 0 Å². The zero-order valence-corrected chi connectivity index (χ0v) is 14.7. The van der Waals surface area contributed by atoms with Crippen LogP contribution in [0.5, 0.6) is 0 Å². The second-order valence-corrected chi connectivity index (χ2v) is 6.03. The monoisotopic (exact) mass is 344 g/mol. The summed E-state index contributed by atoms with van der Waals surface area (Å²) in [7, 11) is 0. The standard InChI is InChI=1S/C22H20N2O2/c1-15(25)23-21-9-5-3-7-19(21)17-11-13-18(14-12-17)20-8-4-6-10-22(20)24-16(2)26/h3-14H,1-2H3,(H,23,25)(H,24,26). The van der Waals surface area contributed by atoms with Crippen LogP contribution in [0.4, 0.5) is 11.4 Å². The molecule has 0 spiro atoms. The molecule has 0 heterocycles. The van der Waals surface area contributed by atoms with E-state index in [4.69, 9.17) is 0 Å². The third-order valence-electron chi connectivity index (χ3n) is 3.98. The Kier molecular flexibility index (Phi) is 5.13. The Hall–Kier alpha value is -3.40. The molecule has 0 saturated carbocycles. The fraction of sp³-hybridized carbons (Fsp3) is 0.0909. The molecule has 0 unspecified atom stereocenters. The lowest BCUT2D eigenvalue weighted by molar-refractivity contribution is -0.115. The van der Waals surface area contributed by atoms with Gasteiger partial charge >= 0.3 is 0 Å². The number of amides is 2. The van der Waals surface area contributed by atoms with Gasteiger partial charge in [0.2, 0.25) is 11.8 Å². The van der Waals surface area contributed by atoms with E-state index in [-0.39, 0.29) is 11.8 Å². The van der Waals surface area contributed by atoms with E-state index in [0.717, 1.165) is 33.6 Å². The van der Waals surface area contributed by atoms with Crippen molar-refractivity contribution >= 4 is 23.2 Å². The van der Waals surface area contributed by atoms with Gasteiger partial charge in [-0.25, -0.2) is 0 Å². The molecule has 26 heavy (non-hydrogen) atoms. The maximum absolute atomic E-state index is 11.4. The largest absolute Gasteiger partial charge is 0.326 e. The Morgan fingerprint density at radius 2 is 0.923 bits per heavy atom. The van der Waals surface area contributed by atoms with Gasteiger partial charge in [0.1, 0.15) is 0 Å². The molecule has 0 aliphatic rings. The van der Waals surface area contributed by atoms with E-state index in [1.54, 1.807) is 0 Å². The lowest BCUT2D eigenvalue weighted by Gasteiger charge is -2.12. The Bertz CT molecular complexity index is 868. The number of carbonyl (C=O) groups is 2. The molecule has 0 aliphatic heterocycles. The van der Waals surface area contributed by atoms with Crippen molar-refractivity contribution in [2.45, 2.75) is 13.8 Å². The molecule has 3 rings (SSSR count). The van der Waals surface area contributed by atoms with Crippen LogP contribution in [0.25, 0.3) is 22.3 Å². The fourth-order valence-corrected chi connectivity index (χ4v) is 2.90. The first-order valence-corrected chi connectivity index (χ1v) is 8.38. The van der Waals surface area contributed by atoms with Gasteiger partial charge in [0.25, 0.3) is 0 Å². The van der Waals surface area contributed by atoms with Crippen molar-refractivity contribution in [1.82, 2.24) is 0 Å². The van der Waals surface area contributed by atoms with Crippen molar-refractivity contribution in [3.63, 3.8) is 0 Å². The van der Waals surface area contributed by atoms with E-state index in [0.29, 0.717) is 0 Å². The minimum Gasteiger partial charge on any atom is -0.326 e. The van der Waals surface area contributed by atoms with Crippen LogP contribution >= 0.6 is 0 Å². The molecule has 3 aromatic rings. The molecule has 0 aromatic heterocycles. The molecule has 0 bridgehead atoms. The van der Waals surface area contributed by atoms with Gasteiger partial charge in [-0.3, -0.25) is 9.59 Å². The third-order valence-corrected chi connectivity index (χ3v) is 3.98. The van der Waals surface area contributed by atoms with Crippen LogP contribution in [0.1, 0.15) is 13.8 Å². The summed E-state index contributed by atoms with van der Waals surface area (Å²) in [6.07, 6.45) is 0. The molecule has 2 amide bonds. The molecule has 0 radical (unpaired) electrons. The van der Waals surface area contributed by atoms with E-state index < -0.39 is 0 Å². The van der Waals surface area contributed by atoms with Crippen molar-refractivity contribution in [2.75, 3.05) is 10.6 Å². The summed E-state index contributed by atoms with van der Waals surface area (Å²) in [5.41, 5.74) is 5.51. The van der Waals surface area contributed by atoms with E-state index in [1.807, 2.05) is 72.8 Å². The van der Waals surface area contributed by atoms with Crippen LogP contribution in [0.15, 0.2) is 72.8 Å². The first-order chi connectivity index (χ1) is 12.5. The van der Waals surface area contributed by atoms with Crippen LogP contribution in [-0.4, -0.2) is 11.8 Å². The van der Waals surface area contributed by atoms with E-state index >= 15 is 0 Å². The van der Waals surface area contributed by atoms with Crippen LogP contribution in [0, 0.1) is 0 Å². The number of benzene rings is 3. The molecule has 130 valence electrons. The fourth-order valence-electron chi connectivity index (χ4n) is 2.90. The van der Waals surface area contributed by atoms with Gasteiger partial charge in [-0.05, 0) is 23.3 Å². The maximum Gasteiger partial charge on any atom is 0.221 e. The minimum atomic E-state index is -0.0988. The van der Waals surface area contributed by atoms with Crippen molar-refractivity contribution < 1.29 is 9.59 Å². The molecule has 0 aliphatic carbocycles. The van der Waals surface area contributed by atoms with Gasteiger partial charge in [0, 0.05) is 36.3 Å². The molecule has 0 saturated heterocycles. The SMILES string of the molecule is CC(=O)Nc1ccccc1-c1ccc(-c2ccccc2NC(C)=O)cc1. The summed E-state index contributed by atoms with van der Waals surface area (Å²) < 4.78 is 0. The van der Waals surface area contributed by atoms with Crippen molar-refractivity contribution in [2.24, 2.45) is 0 Å². The average molecular weight is 344 g/mol. The third kappa shape index (κ3) is 3.98. The Morgan fingerprint density at radius 1 is 0.577 bits per heavy atom. The zero-order chi connectivity index (χ0) is 18.5. The van der Waals surface area contributed by atoms with Crippen molar-refractivity contribution in [1.29, 1.82) is 0 Å². The molecule has 4 heteroatoms. The predicted molar refractivity (Wildman–Crippen MR) is 106 cm³/mol. The lowest BCUT2D eigenvalue weighted by atomic mass is 9.98. The summed E-state index contributed by atoms with van der Waals surface area (Å²) in [6.45, 7) is 3.00. The zero-order valence-electron chi connectivity index (χ0n) is 14.7.